The van der Waals surface area contributed by atoms with Gasteiger partial charge in [-0.3, -0.25) is 14.3 Å². The van der Waals surface area contributed by atoms with Crippen LogP contribution in [0, 0.1) is 6.92 Å². The second kappa shape index (κ2) is 8.87. The first-order chi connectivity index (χ1) is 13.8. The maximum Gasteiger partial charge on any atom is 0.244 e. The van der Waals surface area contributed by atoms with Gasteiger partial charge in [-0.25, -0.2) is 8.42 Å². The summed E-state index contributed by atoms with van der Waals surface area (Å²) in [6.45, 7) is 3.42. The molecular formula is C20H23N3O4S2. The van der Waals surface area contributed by atoms with Crippen LogP contribution < -0.4 is 14.9 Å². The molecule has 0 atom stereocenters. The van der Waals surface area contributed by atoms with E-state index in [1.165, 1.54) is 16.7 Å². The Hall–Kier alpha value is -2.52. The van der Waals surface area contributed by atoms with Crippen molar-refractivity contribution in [2.45, 2.75) is 25.2 Å². The van der Waals surface area contributed by atoms with Gasteiger partial charge in [0.05, 0.1) is 22.9 Å². The maximum atomic E-state index is 12.6. The molecule has 2 N–H and O–H groups in total. The molecule has 154 valence electrons. The molecular weight excluding hydrogens is 410 g/mol. The van der Waals surface area contributed by atoms with E-state index in [2.05, 4.69) is 10.0 Å². The highest BCUT2D eigenvalue weighted by atomic mass is 32.2. The zero-order chi connectivity index (χ0) is 21.0. The summed E-state index contributed by atoms with van der Waals surface area (Å²) in [5.74, 6) is -0.159. The van der Waals surface area contributed by atoms with Gasteiger partial charge in [-0.05, 0) is 43.2 Å². The molecule has 2 aromatic carbocycles. The van der Waals surface area contributed by atoms with Crippen molar-refractivity contribution in [2.75, 3.05) is 33.0 Å². The lowest BCUT2D eigenvalue weighted by Crippen LogP contribution is -2.41. The first kappa shape index (κ1) is 21.2. The second-order valence-corrected chi connectivity index (χ2v) is 9.54. The van der Waals surface area contributed by atoms with Gasteiger partial charge >= 0.3 is 0 Å². The predicted molar refractivity (Wildman–Crippen MR) is 117 cm³/mol. The number of para-hydroxylation sites is 1. The molecule has 3 rings (SSSR count). The van der Waals surface area contributed by atoms with Crippen molar-refractivity contribution < 1.29 is 18.0 Å². The van der Waals surface area contributed by atoms with Gasteiger partial charge in [0.2, 0.25) is 21.8 Å². The Morgan fingerprint density at radius 2 is 1.86 bits per heavy atom. The lowest BCUT2D eigenvalue weighted by molar-refractivity contribution is -0.120. The third-order valence-electron chi connectivity index (χ3n) is 4.46. The van der Waals surface area contributed by atoms with Gasteiger partial charge in [0, 0.05) is 10.6 Å². The Bertz CT molecular complexity index is 1040. The third kappa shape index (κ3) is 5.10. The molecule has 7 nitrogen and oxygen atoms in total. The smallest absolute Gasteiger partial charge is 0.244 e. The number of hydrogen-bond donors (Lipinski definition) is 2. The monoisotopic (exact) mass is 433 g/mol. The highest BCUT2D eigenvalue weighted by molar-refractivity contribution is 8.00. The number of rotatable bonds is 7. The largest absolute Gasteiger partial charge is 0.324 e. The van der Waals surface area contributed by atoms with Gasteiger partial charge in [-0.15, -0.1) is 11.8 Å². The quantitative estimate of drug-likeness (QED) is 0.699. The number of sulfonamides is 1. The molecule has 2 aromatic rings. The van der Waals surface area contributed by atoms with Crippen LogP contribution in [0.4, 0.5) is 17.1 Å². The zero-order valence-corrected chi connectivity index (χ0v) is 17.9. The Morgan fingerprint density at radius 3 is 2.62 bits per heavy atom. The molecule has 0 saturated heterocycles. The zero-order valence-electron chi connectivity index (χ0n) is 16.3. The minimum atomic E-state index is -3.43. The van der Waals surface area contributed by atoms with E-state index in [4.69, 9.17) is 0 Å². The number of nitrogens with one attached hydrogen (secondary N) is 2. The number of thioether (sulfide) groups is 1. The van der Waals surface area contributed by atoms with Crippen molar-refractivity contribution in [3.05, 3.63) is 48.0 Å². The van der Waals surface area contributed by atoms with Crippen molar-refractivity contribution in [2.24, 2.45) is 0 Å². The van der Waals surface area contributed by atoms with Gasteiger partial charge in [0.25, 0.3) is 0 Å². The number of hydrogen-bond acceptors (Lipinski definition) is 5. The number of benzene rings is 2. The fourth-order valence-corrected chi connectivity index (χ4v) is 5.16. The summed E-state index contributed by atoms with van der Waals surface area (Å²) in [6.07, 6.45) is 0.508. The molecule has 1 aliphatic heterocycles. The van der Waals surface area contributed by atoms with Crippen LogP contribution >= 0.6 is 11.8 Å². The summed E-state index contributed by atoms with van der Waals surface area (Å²) < 4.78 is 26.7. The first-order valence-corrected chi connectivity index (χ1v) is 11.9. The molecule has 29 heavy (non-hydrogen) atoms. The molecule has 1 heterocycles. The number of nitrogens with zero attached hydrogens (tertiary/aromatic N) is 1. The molecule has 0 bridgehead atoms. The molecule has 0 radical (unpaired) electrons. The Labute approximate surface area is 174 Å². The van der Waals surface area contributed by atoms with Crippen LogP contribution in [0.3, 0.4) is 0 Å². The number of amides is 2. The van der Waals surface area contributed by atoms with Gasteiger partial charge < -0.3 is 10.2 Å². The summed E-state index contributed by atoms with van der Waals surface area (Å²) in [5.41, 5.74) is 2.26. The molecule has 9 heteroatoms. The van der Waals surface area contributed by atoms with Gasteiger partial charge in [-0.1, -0.05) is 25.1 Å². The molecule has 0 aliphatic carbocycles. The van der Waals surface area contributed by atoms with Crippen molar-refractivity contribution in [1.29, 1.82) is 0 Å². The minimum Gasteiger partial charge on any atom is -0.324 e. The van der Waals surface area contributed by atoms with E-state index in [1.54, 1.807) is 32.0 Å². The molecule has 0 saturated carbocycles. The SMILES string of the molecule is CCCS(=O)(=O)Nc1cccc(NC(=O)CN2C(=O)CSc3ccccc32)c1C. The number of carbonyl (C=O) groups excluding carboxylic acids is 2. The van der Waals surface area contributed by atoms with Crippen molar-refractivity contribution in [3.8, 4) is 0 Å². The molecule has 0 aromatic heterocycles. The minimum absolute atomic E-state index is 0.0253. The van der Waals surface area contributed by atoms with Crippen LogP contribution in [0.25, 0.3) is 0 Å². The van der Waals surface area contributed by atoms with Crippen molar-refractivity contribution in [3.63, 3.8) is 0 Å². The number of anilines is 3. The Morgan fingerprint density at radius 1 is 1.14 bits per heavy atom. The Kier molecular flexibility index (Phi) is 6.49. The number of carbonyl (C=O) groups is 2. The summed E-state index contributed by atoms with van der Waals surface area (Å²) in [7, 11) is -3.43. The van der Waals surface area contributed by atoms with Crippen molar-refractivity contribution >= 4 is 50.7 Å². The molecule has 0 spiro atoms. The summed E-state index contributed by atoms with van der Waals surface area (Å²) in [6, 6.07) is 12.5. The summed E-state index contributed by atoms with van der Waals surface area (Å²) in [5, 5.41) is 2.79. The van der Waals surface area contributed by atoms with Crippen LogP contribution in [0.5, 0.6) is 0 Å². The predicted octanol–water partition coefficient (Wildman–Crippen LogP) is 3.22. The third-order valence-corrected chi connectivity index (χ3v) is 6.98. The standard InChI is InChI=1S/C20H23N3O4S2/c1-3-11-29(26,27)22-16-8-6-7-15(14(16)2)21-19(24)12-23-17-9-4-5-10-18(17)28-13-20(23)25/h4-10,22H,3,11-13H2,1-2H3,(H,21,24). The van der Waals surface area contributed by atoms with E-state index in [1.807, 2.05) is 24.3 Å². The van der Waals surface area contributed by atoms with E-state index in [0.717, 1.165) is 10.6 Å². The lowest BCUT2D eigenvalue weighted by atomic mass is 10.1. The first-order valence-electron chi connectivity index (χ1n) is 9.23. The Balaban J connectivity index is 1.75. The fourth-order valence-electron chi connectivity index (χ4n) is 3.03. The maximum absolute atomic E-state index is 12.6. The fraction of sp³-hybridized carbons (Fsp3) is 0.300. The average molecular weight is 434 g/mol. The van der Waals surface area contributed by atoms with Crippen molar-refractivity contribution in [1.82, 2.24) is 0 Å². The van der Waals surface area contributed by atoms with Crippen LogP contribution in [-0.4, -0.2) is 38.3 Å². The van der Waals surface area contributed by atoms with Crippen LogP contribution in [0.2, 0.25) is 0 Å². The summed E-state index contributed by atoms with van der Waals surface area (Å²) in [4.78, 5) is 27.4. The normalized spacial score (nSPS) is 13.7. The van der Waals surface area contributed by atoms with Crippen LogP contribution in [0.15, 0.2) is 47.4 Å². The second-order valence-electron chi connectivity index (χ2n) is 6.68. The van der Waals surface area contributed by atoms with E-state index < -0.39 is 10.0 Å². The average Bonchev–Trinajstić information content (AvgIpc) is 2.67. The van der Waals surface area contributed by atoms with E-state index in [-0.39, 0.29) is 29.9 Å². The van der Waals surface area contributed by atoms with E-state index >= 15 is 0 Å². The van der Waals surface area contributed by atoms with E-state index in [0.29, 0.717) is 23.4 Å². The van der Waals surface area contributed by atoms with Crippen LogP contribution in [0.1, 0.15) is 18.9 Å². The lowest BCUT2D eigenvalue weighted by Gasteiger charge is -2.28. The molecule has 2 amide bonds. The van der Waals surface area contributed by atoms with Gasteiger partial charge in [-0.2, -0.15) is 0 Å². The summed E-state index contributed by atoms with van der Waals surface area (Å²) >= 11 is 1.46. The molecule has 0 fully saturated rings. The van der Waals surface area contributed by atoms with E-state index in [9.17, 15) is 18.0 Å². The molecule has 1 aliphatic rings. The van der Waals surface area contributed by atoms with Gasteiger partial charge in [0.1, 0.15) is 6.54 Å². The molecule has 0 unspecified atom stereocenters. The topological polar surface area (TPSA) is 95.6 Å². The highest BCUT2D eigenvalue weighted by Crippen LogP contribution is 2.34. The number of fused-ring (bicyclic) bond motifs is 1. The van der Waals surface area contributed by atoms with Gasteiger partial charge in [0.15, 0.2) is 0 Å². The van der Waals surface area contributed by atoms with Crippen LogP contribution in [-0.2, 0) is 19.6 Å². The highest BCUT2D eigenvalue weighted by Gasteiger charge is 2.26.